The highest BCUT2D eigenvalue weighted by Crippen LogP contribution is 2.26. The van der Waals surface area contributed by atoms with Gasteiger partial charge in [-0.05, 0) is 23.6 Å². The Hall–Kier alpha value is -1.94. The molecule has 0 unspecified atom stereocenters. The number of amides is 1. The first kappa shape index (κ1) is 20.3. The van der Waals surface area contributed by atoms with Gasteiger partial charge in [0.2, 0.25) is 5.91 Å². The van der Waals surface area contributed by atoms with E-state index in [1.54, 1.807) is 12.1 Å². The highest BCUT2D eigenvalue weighted by atomic mass is 35.5. The fourth-order valence-corrected chi connectivity index (χ4v) is 5.01. The second-order valence-electron chi connectivity index (χ2n) is 6.68. The maximum absolute atomic E-state index is 14.0. The summed E-state index contributed by atoms with van der Waals surface area (Å²) in [5.74, 6) is 0.433. The molecule has 1 aromatic carbocycles. The average molecular weight is 452 g/mol. The topological polar surface area (TPSA) is 75.3 Å². The quantitative estimate of drug-likeness (QED) is 0.472. The molecule has 0 spiro atoms. The number of nitrogens with two attached hydrogens (primary N) is 1. The molecule has 1 saturated heterocycles. The number of rotatable bonds is 5. The molecule has 1 aliphatic heterocycles. The molecule has 2 aromatic heterocycles. The van der Waals surface area contributed by atoms with Crippen molar-refractivity contribution in [3.05, 3.63) is 46.0 Å². The summed E-state index contributed by atoms with van der Waals surface area (Å²) in [4.78, 5) is 26.0. The van der Waals surface area contributed by atoms with Gasteiger partial charge in [0.05, 0.1) is 11.1 Å². The molecule has 0 aliphatic carbocycles. The molecule has 3 heterocycles. The van der Waals surface area contributed by atoms with Crippen LogP contribution >= 0.6 is 34.7 Å². The van der Waals surface area contributed by atoms with Gasteiger partial charge in [0.15, 0.2) is 5.16 Å². The summed E-state index contributed by atoms with van der Waals surface area (Å²) in [7, 11) is 0. The van der Waals surface area contributed by atoms with Gasteiger partial charge in [-0.1, -0.05) is 29.4 Å². The summed E-state index contributed by atoms with van der Waals surface area (Å²) in [5.41, 5.74) is 6.46. The van der Waals surface area contributed by atoms with Gasteiger partial charge in [-0.25, -0.2) is 14.4 Å². The molecule has 0 radical (unpaired) electrons. The third-order valence-electron chi connectivity index (χ3n) is 4.83. The van der Waals surface area contributed by atoms with Gasteiger partial charge in [-0.15, -0.1) is 11.3 Å². The van der Waals surface area contributed by atoms with Crippen molar-refractivity contribution in [2.75, 3.05) is 37.7 Å². The predicted octanol–water partition coefficient (Wildman–Crippen LogP) is 3.50. The van der Waals surface area contributed by atoms with Crippen molar-refractivity contribution in [2.24, 2.45) is 0 Å². The number of aromatic nitrogens is 2. The lowest BCUT2D eigenvalue weighted by Gasteiger charge is -2.34. The molecular weight excluding hydrogens is 433 g/mol. The predicted molar refractivity (Wildman–Crippen MR) is 116 cm³/mol. The van der Waals surface area contributed by atoms with E-state index in [0.29, 0.717) is 54.3 Å². The molecule has 6 nitrogen and oxygen atoms in total. The van der Waals surface area contributed by atoms with Crippen molar-refractivity contribution in [2.45, 2.75) is 11.7 Å². The minimum Gasteiger partial charge on any atom is -0.383 e. The van der Waals surface area contributed by atoms with E-state index in [4.69, 9.17) is 17.3 Å². The minimum atomic E-state index is -0.297. The van der Waals surface area contributed by atoms with Crippen LogP contribution in [0.4, 0.5) is 10.2 Å². The molecule has 1 fully saturated rings. The van der Waals surface area contributed by atoms with Crippen LogP contribution in [0.1, 0.15) is 5.56 Å². The number of carbonyl (C=O) groups excluding carboxylic acids is 1. The van der Waals surface area contributed by atoms with Crippen LogP contribution in [-0.4, -0.2) is 57.6 Å². The lowest BCUT2D eigenvalue weighted by Crippen LogP contribution is -2.48. The first-order valence-electron chi connectivity index (χ1n) is 9.08. The molecule has 29 heavy (non-hydrogen) atoms. The SMILES string of the molecule is Nc1nc(SCC(=O)N2CCN(Cc3c(F)cccc3Cl)CC2)nc2sccc12. The highest BCUT2D eigenvalue weighted by molar-refractivity contribution is 7.99. The van der Waals surface area contributed by atoms with E-state index in [0.717, 1.165) is 10.2 Å². The number of halogens is 2. The van der Waals surface area contributed by atoms with E-state index in [-0.39, 0.29) is 17.5 Å². The third kappa shape index (κ3) is 4.63. The molecule has 152 valence electrons. The number of hydrogen-bond acceptors (Lipinski definition) is 7. The Bertz CT molecular complexity index is 1020. The fourth-order valence-electron chi connectivity index (χ4n) is 3.20. The highest BCUT2D eigenvalue weighted by Gasteiger charge is 2.23. The zero-order chi connectivity index (χ0) is 20.4. The monoisotopic (exact) mass is 451 g/mol. The molecule has 0 bridgehead atoms. The van der Waals surface area contributed by atoms with E-state index in [2.05, 4.69) is 14.9 Å². The number of benzene rings is 1. The Balaban J connectivity index is 1.29. The number of anilines is 1. The minimum absolute atomic E-state index is 0.0343. The van der Waals surface area contributed by atoms with Crippen molar-refractivity contribution in [3.8, 4) is 0 Å². The van der Waals surface area contributed by atoms with Crippen molar-refractivity contribution >= 4 is 56.6 Å². The van der Waals surface area contributed by atoms with Crippen LogP contribution < -0.4 is 5.73 Å². The molecule has 1 aliphatic rings. The Kier molecular flexibility index (Phi) is 6.19. The van der Waals surface area contributed by atoms with E-state index in [1.807, 2.05) is 16.3 Å². The lowest BCUT2D eigenvalue weighted by atomic mass is 10.2. The normalized spacial score (nSPS) is 15.2. The molecule has 0 atom stereocenters. The fraction of sp³-hybridized carbons (Fsp3) is 0.316. The van der Waals surface area contributed by atoms with E-state index in [9.17, 15) is 9.18 Å². The summed E-state index contributed by atoms with van der Waals surface area (Å²) in [5, 5.41) is 3.71. The number of hydrogen-bond donors (Lipinski definition) is 1. The van der Waals surface area contributed by atoms with Gasteiger partial charge < -0.3 is 10.6 Å². The Morgan fingerprint density at radius 2 is 2.03 bits per heavy atom. The van der Waals surface area contributed by atoms with Gasteiger partial charge in [0.25, 0.3) is 0 Å². The first-order valence-corrected chi connectivity index (χ1v) is 11.3. The number of fused-ring (bicyclic) bond motifs is 1. The van der Waals surface area contributed by atoms with Gasteiger partial charge in [-0.2, -0.15) is 0 Å². The zero-order valence-corrected chi connectivity index (χ0v) is 17.9. The maximum Gasteiger partial charge on any atom is 0.233 e. The van der Waals surface area contributed by atoms with Crippen LogP contribution in [0.5, 0.6) is 0 Å². The van der Waals surface area contributed by atoms with Gasteiger partial charge in [0, 0.05) is 43.3 Å². The van der Waals surface area contributed by atoms with Crippen molar-refractivity contribution < 1.29 is 9.18 Å². The van der Waals surface area contributed by atoms with Crippen LogP contribution in [0.3, 0.4) is 0 Å². The molecule has 0 saturated carbocycles. The Labute approximate surface area is 180 Å². The van der Waals surface area contributed by atoms with Gasteiger partial charge in [0.1, 0.15) is 16.5 Å². The second kappa shape index (κ2) is 8.83. The summed E-state index contributed by atoms with van der Waals surface area (Å²) in [6.45, 7) is 2.98. The average Bonchev–Trinajstić information content (AvgIpc) is 3.19. The number of nitrogen functional groups attached to an aromatic ring is 1. The second-order valence-corrected chi connectivity index (χ2v) is 8.92. The summed E-state index contributed by atoms with van der Waals surface area (Å²) in [6, 6.07) is 6.60. The number of carbonyl (C=O) groups is 1. The van der Waals surface area contributed by atoms with E-state index >= 15 is 0 Å². The standard InChI is InChI=1S/C19H19ClFN5OS2/c20-14-2-1-3-15(21)13(14)10-25-5-7-26(8-6-25)16(27)11-29-19-23-17(22)12-4-9-28-18(12)24-19/h1-4,9H,5-8,10-11H2,(H2,22,23,24). The summed E-state index contributed by atoms with van der Waals surface area (Å²) < 4.78 is 14.0. The Morgan fingerprint density at radius 1 is 1.24 bits per heavy atom. The zero-order valence-electron chi connectivity index (χ0n) is 15.5. The number of thioether (sulfide) groups is 1. The van der Waals surface area contributed by atoms with Gasteiger partial charge in [-0.3, -0.25) is 9.69 Å². The van der Waals surface area contributed by atoms with Crippen LogP contribution in [-0.2, 0) is 11.3 Å². The molecule has 1 amide bonds. The van der Waals surface area contributed by atoms with Gasteiger partial charge >= 0.3 is 0 Å². The van der Waals surface area contributed by atoms with Crippen LogP contribution in [0.25, 0.3) is 10.2 Å². The smallest absolute Gasteiger partial charge is 0.233 e. The number of thiophene rings is 1. The lowest BCUT2D eigenvalue weighted by molar-refractivity contribution is -0.130. The molecule has 2 N–H and O–H groups in total. The number of piperazine rings is 1. The first-order chi connectivity index (χ1) is 14.0. The largest absolute Gasteiger partial charge is 0.383 e. The van der Waals surface area contributed by atoms with E-state index in [1.165, 1.54) is 29.2 Å². The third-order valence-corrected chi connectivity index (χ3v) is 6.82. The van der Waals surface area contributed by atoms with Crippen molar-refractivity contribution in [1.29, 1.82) is 0 Å². The molecular formula is C19H19ClFN5OS2. The summed E-state index contributed by atoms with van der Waals surface area (Å²) >= 11 is 8.91. The van der Waals surface area contributed by atoms with Crippen molar-refractivity contribution in [3.63, 3.8) is 0 Å². The Morgan fingerprint density at radius 3 is 2.79 bits per heavy atom. The van der Waals surface area contributed by atoms with Crippen LogP contribution in [0.2, 0.25) is 5.02 Å². The van der Waals surface area contributed by atoms with Crippen LogP contribution in [0, 0.1) is 5.82 Å². The maximum atomic E-state index is 14.0. The van der Waals surface area contributed by atoms with E-state index < -0.39 is 0 Å². The summed E-state index contributed by atoms with van der Waals surface area (Å²) in [6.07, 6.45) is 0. The van der Waals surface area contributed by atoms with Crippen LogP contribution in [0.15, 0.2) is 34.8 Å². The molecule has 10 heteroatoms. The molecule has 4 rings (SSSR count). The number of nitrogens with zero attached hydrogens (tertiary/aromatic N) is 4. The van der Waals surface area contributed by atoms with Crippen molar-refractivity contribution in [1.82, 2.24) is 19.8 Å². The molecule has 3 aromatic rings.